The van der Waals surface area contributed by atoms with E-state index in [0.29, 0.717) is 0 Å². The summed E-state index contributed by atoms with van der Waals surface area (Å²) in [4.78, 5) is 12.1. The summed E-state index contributed by atoms with van der Waals surface area (Å²) in [5.41, 5.74) is 0. The number of carbonyl (C=O) groups excluding carboxylic acids is 1. The smallest absolute Gasteiger partial charge is 0.189 e. The number of rotatable bonds is 2. The van der Waals surface area contributed by atoms with Crippen molar-refractivity contribution in [1.29, 1.82) is 0 Å². The molecule has 0 aliphatic carbocycles. The van der Waals surface area contributed by atoms with Gasteiger partial charge in [-0.15, -0.1) is 0 Å². The van der Waals surface area contributed by atoms with Crippen LogP contribution in [0.2, 0.25) is 19.6 Å². The van der Waals surface area contributed by atoms with Crippen LogP contribution in [0.1, 0.15) is 13.8 Å². The number of hydrogen-bond donors (Lipinski definition) is 0. The van der Waals surface area contributed by atoms with Gasteiger partial charge in [-0.3, -0.25) is 4.79 Å². The average molecular weight is 240 g/mol. The lowest BCUT2D eigenvalue weighted by molar-refractivity contribution is -0.218. The molecule has 2 aliphatic rings. The van der Waals surface area contributed by atoms with Crippen LogP contribution in [0, 0.1) is 11.8 Å². The van der Waals surface area contributed by atoms with Crippen molar-refractivity contribution in [3.63, 3.8) is 0 Å². The molecule has 0 amide bonds. The van der Waals surface area contributed by atoms with E-state index in [0.717, 1.165) is 0 Å². The maximum atomic E-state index is 12.1. The highest BCUT2D eigenvalue weighted by Gasteiger charge is 2.54. The number of ketones is 1. The third kappa shape index (κ3) is 1.79. The largest absolute Gasteiger partial charge is 0.387 e. The lowest BCUT2D eigenvalue weighted by Crippen LogP contribution is -2.55. The lowest BCUT2D eigenvalue weighted by atomic mass is 9.86. The molecule has 2 rings (SSSR count). The Hall–Kier alpha value is -0.453. The zero-order valence-electron chi connectivity index (χ0n) is 10.6. The summed E-state index contributed by atoms with van der Waals surface area (Å²) in [5, 5.41) is 0. The molecule has 0 spiro atoms. The zero-order valence-corrected chi connectivity index (χ0v) is 11.6. The van der Waals surface area contributed by atoms with Gasteiger partial charge in [-0.2, -0.15) is 0 Å². The molecule has 0 aromatic rings. The minimum atomic E-state index is -1.73. The molecular weight excluding hydrogens is 220 g/mol. The SMILES string of the molecule is C[C@@H]1C(=O)[C@H](C)[C@@H]2C=C[C@]1(O[Si](C)(C)C)O2. The number of Topliss-reactive ketones (excluding diaryl/α,β-unsaturated/α-hetero) is 1. The van der Waals surface area contributed by atoms with Crippen LogP contribution >= 0.6 is 0 Å². The Kier molecular flexibility index (Phi) is 2.64. The molecule has 16 heavy (non-hydrogen) atoms. The number of ether oxygens (including phenoxy) is 1. The molecular formula is C12H20O3Si. The lowest BCUT2D eigenvalue weighted by Gasteiger charge is -2.43. The van der Waals surface area contributed by atoms with Gasteiger partial charge in [0, 0.05) is 5.92 Å². The summed E-state index contributed by atoms with van der Waals surface area (Å²) in [6.07, 6.45) is 3.83. The van der Waals surface area contributed by atoms with E-state index < -0.39 is 14.1 Å². The monoisotopic (exact) mass is 240 g/mol. The van der Waals surface area contributed by atoms with Gasteiger partial charge in [0.15, 0.2) is 14.1 Å². The fourth-order valence-corrected chi connectivity index (χ4v) is 3.66. The highest BCUT2D eigenvalue weighted by atomic mass is 28.4. The van der Waals surface area contributed by atoms with Gasteiger partial charge < -0.3 is 9.16 Å². The van der Waals surface area contributed by atoms with Gasteiger partial charge in [-0.05, 0) is 32.6 Å². The summed E-state index contributed by atoms with van der Waals surface area (Å²) >= 11 is 0. The normalized spacial score (nSPS) is 42.8. The molecule has 0 unspecified atom stereocenters. The topological polar surface area (TPSA) is 35.5 Å². The number of fused-ring (bicyclic) bond motifs is 2. The number of hydrogen-bond acceptors (Lipinski definition) is 3. The van der Waals surface area contributed by atoms with E-state index >= 15 is 0 Å². The molecule has 0 aromatic carbocycles. The van der Waals surface area contributed by atoms with E-state index in [2.05, 4.69) is 19.6 Å². The highest BCUT2D eigenvalue weighted by Crippen LogP contribution is 2.43. The van der Waals surface area contributed by atoms with Gasteiger partial charge in [0.1, 0.15) is 5.78 Å². The van der Waals surface area contributed by atoms with Crippen molar-refractivity contribution < 1.29 is 14.0 Å². The first-order valence-electron chi connectivity index (χ1n) is 5.86. The molecule has 2 heterocycles. The molecule has 4 atom stereocenters. The molecule has 0 saturated carbocycles. The van der Waals surface area contributed by atoms with Crippen LogP contribution in [0.25, 0.3) is 0 Å². The van der Waals surface area contributed by atoms with E-state index in [1.807, 2.05) is 26.0 Å². The Morgan fingerprint density at radius 1 is 1.38 bits per heavy atom. The van der Waals surface area contributed by atoms with Crippen LogP contribution in [0.15, 0.2) is 12.2 Å². The second kappa shape index (κ2) is 3.52. The Labute approximate surface area is 97.9 Å². The fraction of sp³-hybridized carbons (Fsp3) is 0.750. The Morgan fingerprint density at radius 2 is 2.00 bits per heavy atom. The van der Waals surface area contributed by atoms with E-state index in [1.54, 1.807) is 0 Å². The number of carbonyl (C=O) groups is 1. The summed E-state index contributed by atoms with van der Waals surface area (Å²) in [6.45, 7) is 10.2. The molecule has 0 radical (unpaired) electrons. The minimum absolute atomic E-state index is 0.0490. The van der Waals surface area contributed by atoms with Gasteiger partial charge in [-0.1, -0.05) is 13.0 Å². The quantitative estimate of drug-likeness (QED) is 0.549. The first-order chi connectivity index (χ1) is 7.25. The van der Waals surface area contributed by atoms with Gasteiger partial charge in [-0.25, -0.2) is 0 Å². The van der Waals surface area contributed by atoms with Crippen LogP contribution in [0.3, 0.4) is 0 Å². The van der Waals surface area contributed by atoms with Crippen LogP contribution < -0.4 is 0 Å². The standard InChI is InChI=1S/C12H20O3Si/c1-8-10-6-7-12(14-10,9(2)11(8)13)15-16(3,4)5/h6-10H,1-5H3/t8-,9-,10+,12-/m1/s1. The van der Waals surface area contributed by atoms with Crippen molar-refractivity contribution >= 4 is 14.1 Å². The summed E-state index contributed by atoms with van der Waals surface area (Å²) in [7, 11) is -1.73. The molecule has 0 aromatic heterocycles. The van der Waals surface area contributed by atoms with Gasteiger partial charge in [0.2, 0.25) is 0 Å². The Balaban J connectivity index is 2.29. The zero-order chi connectivity index (χ0) is 12.1. The first-order valence-corrected chi connectivity index (χ1v) is 9.27. The molecule has 2 aliphatic heterocycles. The molecule has 3 nitrogen and oxygen atoms in total. The van der Waals surface area contributed by atoms with Crippen LogP contribution in [-0.4, -0.2) is 26.0 Å². The molecule has 90 valence electrons. The van der Waals surface area contributed by atoms with Crippen LogP contribution in [0.4, 0.5) is 0 Å². The van der Waals surface area contributed by atoms with Crippen molar-refractivity contribution in [2.45, 2.75) is 45.4 Å². The van der Waals surface area contributed by atoms with Crippen molar-refractivity contribution in [3.05, 3.63) is 12.2 Å². The van der Waals surface area contributed by atoms with Crippen molar-refractivity contribution in [3.8, 4) is 0 Å². The summed E-state index contributed by atoms with van der Waals surface area (Å²) < 4.78 is 12.0. The Morgan fingerprint density at radius 3 is 2.56 bits per heavy atom. The average Bonchev–Trinajstić information content (AvgIpc) is 2.53. The Bertz CT molecular complexity index is 345. The highest BCUT2D eigenvalue weighted by molar-refractivity contribution is 6.69. The predicted octanol–water partition coefficient (Wildman–Crippen LogP) is 2.34. The van der Waals surface area contributed by atoms with E-state index in [4.69, 9.17) is 9.16 Å². The summed E-state index contributed by atoms with van der Waals surface area (Å²) in [6, 6.07) is 0. The molecule has 0 N–H and O–H groups in total. The third-order valence-electron chi connectivity index (χ3n) is 3.28. The molecule has 1 fully saturated rings. The second-order valence-corrected chi connectivity index (χ2v) is 10.2. The second-order valence-electron chi connectivity index (χ2n) is 5.79. The molecule has 1 saturated heterocycles. The fourth-order valence-electron chi connectivity index (χ4n) is 2.41. The van der Waals surface area contributed by atoms with Crippen LogP contribution in [0.5, 0.6) is 0 Å². The maximum Gasteiger partial charge on any atom is 0.189 e. The maximum absolute atomic E-state index is 12.1. The van der Waals surface area contributed by atoms with Crippen molar-refractivity contribution in [2.24, 2.45) is 11.8 Å². The van der Waals surface area contributed by atoms with Gasteiger partial charge in [0.25, 0.3) is 0 Å². The molecule has 2 bridgehead atoms. The van der Waals surface area contributed by atoms with Gasteiger partial charge >= 0.3 is 0 Å². The first kappa shape index (κ1) is 12.0. The van der Waals surface area contributed by atoms with Gasteiger partial charge in [0.05, 0.1) is 12.0 Å². The van der Waals surface area contributed by atoms with Crippen molar-refractivity contribution in [1.82, 2.24) is 0 Å². The third-order valence-corrected chi connectivity index (χ3v) is 4.21. The van der Waals surface area contributed by atoms with E-state index in [9.17, 15) is 4.79 Å². The van der Waals surface area contributed by atoms with E-state index in [1.165, 1.54) is 0 Å². The molecule has 4 heteroatoms. The minimum Gasteiger partial charge on any atom is -0.387 e. The van der Waals surface area contributed by atoms with E-state index in [-0.39, 0.29) is 23.7 Å². The van der Waals surface area contributed by atoms with Crippen LogP contribution in [-0.2, 0) is 14.0 Å². The predicted molar refractivity (Wildman–Crippen MR) is 64.5 cm³/mol. The van der Waals surface area contributed by atoms with Crippen molar-refractivity contribution in [2.75, 3.05) is 0 Å². The summed E-state index contributed by atoms with van der Waals surface area (Å²) in [5.74, 6) is -0.783.